The highest BCUT2D eigenvalue weighted by Gasteiger charge is 2.38. The number of carbonyl (C=O) groups is 1. The Morgan fingerprint density at radius 1 is 1.17 bits per heavy atom. The van der Waals surface area contributed by atoms with Crippen LogP contribution < -0.4 is 10.4 Å². The van der Waals surface area contributed by atoms with Gasteiger partial charge in [0, 0.05) is 21.6 Å². The zero-order valence-corrected chi connectivity index (χ0v) is 13.9. The Hall–Kier alpha value is -2.07. The summed E-state index contributed by atoms with van der Waals surface area (Å²) in [7, 11) is 0. The molecule has 0 spiro atoms. The number of halogens is 1. The number of rotatable bonds is 2. The van der Waals surface area contributed by atoms with Crippen molar-refractivity contribution < 1.29 is 9.90 Å². The van der Waals surface area contributed by atoms with E-state index in [2.05, 4.69) is 45.5 Å². The second kappa shape index (κ2) is 5.53. The van der Waals surface area contributed by atoms with Crippen molar-refractivity contribution in [3.8, 4) is 0 Å². The van der Waals surface area contributed by atoms with Crippen LogP contribution in [0, 0.1) is 5.92 Å². The predicted octanol–water partition coefficient (Wildman–Crippen LogP) is 3.64. The Bertz CT molecular complexity index is 798. The van der Waals surface area contributed by atoms with Gasteiger partial charge in [0.15, 0.2) is 0 Å². The van der Waals surface area contributed by atoms with Crippen molar-refractivity contribution in [3.63, 3.8) is 0 Å². The van der Waals surface area contributed by atoms with Crippen molar-refractivity contribution in [1.82, 2.24) is 0 Å². The van der Waals surface area contributed by atoms with Gasteiger partial charge in [0.1, 0.15) is 0 Å². The molecule has 0 bridgehead atoms. The van der Waals surface area contributed by atoms with Crippen LogP contribution in [-0.2, 0) is 0 Å². The van der Waals surface area contributed by atoms with Crippen LogP contribution in [0.25, 0.3) is 0 Å². The third-order valence-corrected chi connectivity index (χ3v) is 5.37. The zero-order valence-electron chi connectivity index (χ0n) is 12.3. The third kappa shape index (κ3) is 2.38. The number of fused-ring (bicyclic) bond motifs is 3. The molecule has 4 rings (SSSR count). The Kier molecular flexibility index (Phi) is 3.49. The van der Waals surface area contributed by atoms with E-state index >= 15 is 0 Å². The number of carboxylic acids is 1. The average molecular weight is 369 g/mol. The average Bonchev–Trinajstić information content (AvgIpc) is 3.04. The fraction of sp³-hybridized carbons (Fsp3) is 0.211. The number of anilines is 1. The van der Waals surface area contributed by atoms with Crippen molar-refractivity contribution in [2.45, 2.75) is 18.4 Å². The summed E-state index contributed by atoms with van der Waals surface area (Å²) < 4.78 is 1.04. The molecule has 2 aromatic rings. The topological polar surface area (TPSA) is 52.2 Å². The first-order chi connectivity index (χ1) is 11.1. The first-order valence-corrected chi connectivity index (χ1v) is 8.47. The van der Waals surface area contributed by atoms with Crippen LogP contribution in [0.1, 0.15) is 39.9 Å². The van der Waals surface area contributed by atoms with Crippen LogP contribution >= 0.6 is 15.9 Å². The zero-order chi connectivity index (χ0) is 16.0. The van der Waals surface area contributed by atoms with Crippen molar-refractivity contribution in [1.29, 1.82) is 0 Å². The Morgan fingerprint density at radius 2 is 1.96 bits per heavy atom. The van der Waals surface area contributed by atoms with Crippen LogP contribution in [0.5, 0.6) is 0 Å². The number of benzene rings is 2. The summed E-state index contributed by atoms with van der Waals surface area (Å²) in [5, 5.41) is 15.0. The van der Waals surface area contributed by atoms with Gasteiger partial charge in [0.2, 0.25) is 0 Å². The number of hydrogen-bond acceptors (Lipinski definition) is 3. The Labute approximate surface area is 143 Å². The molecule has 0 radical (unpaired) electrons. The minimum absolute atomic E-state index is 0.0936. The van der Waals surface area contributed by atoms with Crippen LogP contribution in [0.15, 0.2) is 59.1 Å². The molecule has 0 saturated heterocycles. The van der Waals surface area contributed by atoms with Gasteiger partial charge in [0.05, 0.1) is 12.0 Å². The second-order valence-electron chi connectivity index (χ2n) is 6.08. The molecular weight excluding hydrogens is 354 g/mol. The molecule has 0 amide bonds. The number of para-hydroxylation sites is 1. The van der Waals surface area contributed by atoms with Crippen LogP contribution in [-0.4, -0.2) is 5.97 Å². The molecule has 23 heavy (non-hydrogen) atoms. The van der Waals surface area contributed by atoms with Gasteiger partial charge in [-0.2, -0.15) is 0 Å². The van der Waals surface area contributed by atoms with E-state index in [9.17, 15) is 9.90 Å². The normalized spacial score (nSPS) is 24.7. The highest BCUT2D eigenvalue weighted by atomic mass is 79.9. The molecule has 1 heterocycles. The second-order valence-corrected chi connectivity index (χ2v) is 7.00. The van der Waals surface area contributed by atoms with Gasteiger partial charge in [-0.25, -0.2) is 0 Å². The number of carboxylic acid groups (broad SMARTS) is 1. The lowest BCUT2D eigenvalue weighted by atomic mass is 9.76. The van der Waals surface area contributed by atoms with Gasteiger partial charge in [-0.1, -0.05) is 58.4 Å². The Morgan fingerprint density at radius 3 is 2.70 bits per heavy atom. The van der Waals surface area contributed by atoms with E-state index in [1.165, 1.54) is 5.56 Å². The van der Waals surface area contributed by atoms with E-state index in [0.717, 1.165) is 16.5 Å². The molecule has 3 atom stereocenters. The molecule has 4 heteroatoms. The van der Waals surface area contributed by atoms with E-state index in [-0.39, 0.29) is 17.5 Å². The minimum Gasteiger partial charge on any atom is -0.545 e. The summed E-state index contributed by atoms with van der Waals surface area (Å²) in [6, 6.07) is 13.7. The predicted molar refractivity (Wildman–Crippen MR) is 91.3 cm³/mol. The lowest BCUT2D eigenvalue weighted by Gasteiger charge is -2.38. The summed E-state index contributed by atoms with van der Waals surface area (Å²) in [6.45, 7) is 0. The maximum Gasteiger partial charge on any atom is 0.0736 e. The van der Waals surface area contributed by atoms with E-state index in [0.29, 0.717) is 11.6 Å². The molecule has 3 nitrogen and oxygen atoms in total. The van der Waals surface area contributed by atoms with Gasteiger partial charge < -0.3 is 15.2 Å². The van der Waals surface area contributed by atoms with Crippen molar-refractivity contribution in [2.24, 2.45) is 5.92 Å². The third-order valence-electron chi connectivity index (χ3n) is 4.85. The minimum atomic E-state index is -1.13. The Balaban J connectivity index is 1.83. The summed E-state index contributed by atoms with van der Waals surface area (Å²) >= 11 is 3.46. The lowest BCUT2D eigenvalue weighted by molar-refractivity contribution is -0.254. The summed E-state index contributed by atoms with van der Waals surface area (Å²) in [6.07, 6.45) is 5.40. The monoisotopic (exact) mass is 368 g/mol. The molecule has 1 aliphatic carbocycles. The molecule has 1 N–H and O–H groups in total. The number of allylic oxidation sites excluding steroid dienone is 2. The van der Waals surface area contributed by atoms with Crippen molar-refractivity contribution >= 4 is 27.6 Å². The van der Waals surface area contributed by atoms with Gasteiger partial charge in [0.25, 0.3) is 0 Å². The number of aromatic carboxylic acids is 1. The summed E-state index contributed by atoms with van der Waals surface area (Å²) in [5.41, 5.74) is 3.17. The lowest BCUT2D eigenvalue weighted by Crippen LogP contribution is -2.32. The quantitative estimate of drug-likeness (QED) is 0.823. The van der Waals surface area contributed by atoms with E-state index in [1.54, 1.807) is 12.1 Å². The van der Waals surface area contributed by atoms with E-state index < -0.39 is 5.97 Å². The molecule has 116 valence electrons. The number of hydrogen-bond donors (Lipinski definition) is 1. The SMILES string of the molecule is O=C([O-])c1cccc2c1N[C@@H](c1ccc(Br)cc1)[C@@H]1CC=C[C@H]21. The largest absolute Gasteiger partial charge is 0.545 e. The van der Waals surface area contributed by atoms with E-state index in [4.69, 9.17) is 0 Å². The van der Waals surface area contributed by atoms with Gasteiger partial charge in [-0.05, 0) is 35.6 Å². The molecule has 2 aromatic carbocycles. The number of nitrogens with one attached hydrogen (secondary N) is 1. The fourth-order valence-electron chi connectivity index (χ4n) is 3.79. The summed E-state index contributed by atoms with van der Waals surface area (Å²) in [5.74, 6) is -0.482. The van der Waals surface area contributed by atoms with Crippen LogP contribution in [0.2, 0.25) is 0 Å². The maximum absolute atomic E-state index is 11.5. The van der Waals surface area contributed by atoms with Crippen molar-refractivity contribution in [2.75, 3.05) is 5.32 Å². The van der Waals surface area contributed by atoms with Gasteiger partial charge >= 0.3 is 0 Å². The highest BCUT2D eigenvalue weighted by molar-refractivity contribution is 9.10. The molecular formula is C19H15BrNO2-. The first-order valence-electron chi connectivity index (χ1n) is 7.68. The standard InChI is InChI=1S/C19H16BrNO2/c20-12-9-7-11(8-10-12)17-14-4-1-3-13(14)15-5-2-6-16(19(22)23)18(15)21-17/h1-3,5-10,13-14,17,21H,4H2,(H,22,23)/p-1/t13-,14+,17-/m0/s1. The van der Waals surface area contributed by atoms with E-state index in [1.807, 2.05) is 18.2 Å². The summed E-state index contributed by atoms with van der Waals surface area (Å²) in [4.78, 5) is 11.5. The smallest absolute Gasteiger partial charge is 0.0736 e. The molecule has 0 unspecified atom stereocenters. The van der Waals surface area contributed by atoms with Crippen LogP contribution in [0.3, 0.4) is 0 Å². The van der Waals surface area contributed by atoms with Crippen LogP contribution in [0.4, 0.5) is 5.69 Å². The highest BCUT2D eigenvalue weighted by Crippen LogP contribution is 2.50. The van der Waals surface area contributed by atoms with Gasteiger partial charge in [-0.3, -0.25) is 0 Å². The maximum atomic E-state index is 11.5. The fourth-order valence-corrected chi connectivity index (χ4v) is 4.06. The van der Waals surface area contributed by atoms with Gasteiger partial charge in [-0.15, -0.1) is 0 Å². The molecule has 0 saturated carbocycles. The molecule has 0 aromatic heterocycles. The molecule has 0 fully saturated rings. The first kappa shape index (κ1) is 14.5. The number of carbonyl (C=O) groups excluding carboxylic acids is 1. The van der Waals surface area contributed by atoms with Crippen molar-refractivity contribution in [3.05, 3.63) is 75.8 Å². The molecule has 2 aliphatic rings. The molecule has 1 aliphatic heterocycles.